The van der Waals surface area contributed by atoms with E-state index in [1.807, 2.05) is 0 Å². The molecule has 1 aromatic carbocycles. The lowest BCUT2D eigenvalue weighted by Crippen LogP contribution is -2.63. The van der Waals surface area contributed by atoms with Crippen LogP contribution >= 0.6 is 0 Å². The molecule has 2 rings (SSSR count). The van der Waals surface area contributed by atoms with Crippen LogP contribution in [0.5, 0.6) is 5.75 Å². The van der Waals surface area contributed by atoms with Gasteiger partial charge in [-0.3, -0.25) is 4.79 Å². The topological polar surface area (TPSA) is 87.1 Å². The Morgan fingerprint density at radius 3 is 2.58 bits per heavy atom. The molecule has 0 bridgehead atoms. The third-order valence-corrected chi connectivity index (χ3v) is 3.02. The van der Waals surface area contributed by atoms with E-state index in [2.05, 4.69) is 0 Å². The zero-order valence-electron chi connectivity index (χ0n) is 10.5. The Morgan fingerprint density at radius 1 is 1.37 bits per heavy atom. The Labute approximate surface area is 110 Å². The van der Waals surface area contributed by atoms with E-state index < -0.39 is 11.6 Å². The number of aromatic hydroxyl groups is 1. The fourth-order valence-corrected chi connectivity index (χ4v) is 2.06. The largest absolute Gasteiger partial charge is 0.507 e. The number of benzene rings is 1. The fraction of sp³-hybridized carbons (Fsp3) is 0.385. The van der Waals surface area contributed by atoms with Crippen LogP contribution in [-0.4, -0.2) is 52.3 Å². The molecule has 6 nitrogen and oxygen atoms in total. The predicted molar refractivity (Wildman–Crippen MR) is 66.0 cm³/mol. The number of para-hydroxylation sites is 1. The highest BCUT2D eigenvalue weighted by Crippen LogP contribution is 2.28. The lowest BCUT2D eigenvalue weighted by Gasteiger charge is -2.47. The lowest BCUT2D eigenvalue weighted by atomic mass is 9.95. The van der Waals surface area contributed by atoms with Crippen molar-refractivity contribution in [2.45, 2.75) is 12.5 Å². The zero-order valence-corrected chi connectivity index (χ0v) is 10.5. The summed E-state index contributed by atoms with van der Waals surface area (Å²) in [6, 6.07) is 6.31. The number of carbonyl (C=O) groups excluding carboxylic acids is 1. The van der Waals surface area contributed by atoms with E-state index in [0.29, 0.717) is 13.1 Å². The minimum absolute atomic E-state index is 0.0624. The van der Waals surface area contributed by atoms with Gasteiger partial charge in [0.25, 0.3) is 5.91 Å². The number of ether oxygens (including phenoxy) is 1. The van der Waals surface area contributed by atoms with Crippen LogP contribution in [0.1, 0.15) is 17.3 Å². The van der Waals surface area contributed by atoms with E-state index in [1.165, 1.54) is 11.0 Å². The van der Waals surface area contributed by atoms with Crippen molar-refractivity contribution in [1.82, 2.24) is 4.90 Å². The van der Waals surface area contributed by atoms with Gasteiger partial charge in [0.05, 0.1) is 18.7 Å². The summed E-state index contributed by atoms with van der Waals surface area (Å²) in [6.07, 6.45) is 0. The Kier molecular flexibility index (Phi) is 3.44. The van der Waals surface area contributed by atoms with Gasteiger partial charge >= 0.3 is 5.97 Å². The Morgan fingerprint density at radius 2 is 2.00 bits per heavy atom. The summed E-state index contributed by atoms with van der Waals surface area (Å²) in [4.78, 5) is 24.0. The van der Waals surface area contributed by atoms with E-state index in [4.69, 9.17) is 9.84 Å². The third kappa shape index (κ3) is 2.85. The summed E-state index contributed by atoms with van der Waals surface area (Å²) >= 11 is 0. The molecule has 0 unspecified atom stereocenters. The molecule has 0 aliphatic carbocycles. The molecular weight excluding hydrogens is 250 g/mol. The Bertz CT molecular complexity index is 508. The highest BCUT2D eigenvalue weighted by Gasteiger charge is 2.43. The number of nitrogens with zero attached hydrogens (tertiary/aromatic N) is 1. The van der Waals surface area contributed by atoms with Gasteiger partial charge in [-0.05, 0) is 19.1 Å². The summed E-state index contributed by atoms with van der Waals surface area (Å²) in [5.41, 5.74) is -0.388. The van der Waals surface area contributed by atoms with E-state index in [9.17, 15) is 14.7 Å². The highest BCUT2D eigenvalue weighted by molar-refractivity contribution is 5.97. The molecule has 0 spiro atoms. The van der Waals surface area contributed by atoms with Crippen LogP contribution in [-0.2, 0) is 9.53 Å². The molecule has 2 N–H and O–H groups in total. The average Bonchev–Trinajstić information content (AvgIpc) is 2.33. The zero-order chi connectivity index (χ0) is 14.0. The summed E-state index contributed by atoms with van der Waals surface area (Å²) < 4.78 is 5.22. The van der Waals surface area contributed by atoms with Gasteiger partial charge in [-0.1, -0.05) is 12.1 Å². The molecule has 1 heterocycles. The molecule has 0 saturated carbocycles. The smallest absolute Gasteiger partial charge is 0.329 e. The average molecular weight is 265 g/mol. The first kappa shape index (κ1) is 13.4. The van der Waals surface area contributed by atoms with Crippen molar-refractivity contribution in [2.24, 2.45) is 0 Å². The van der Waals surface area contributed by atoms with Crippen molar-refractivity contribution in [3.8, 4) is 5.75 Å². The first-order chi connectivity index (χ1) is 8.91. The second kappa shape index (κ2) is 4.89. The van der Waals surface area contributed by atoms with Crippen LogP contribution in [0.4, 0.5) is 0 Å². The van der Waals surface area contributed by atoms with Gasteiger partial charge in [0.1, 0.15) is 18.0 Å². The molecule has 0 atom stereocenters. The van der Waals surface area contributed by atoms with E-state index in [0.717, 1.165) is 0 Å². The van der Waals surface area contributed by atoms with Crippen molar-refractivity contribution < 1.29 is 24.5 Å². The maximum Gasteiger partial charge on any atom is 0.329 e. The predicted octanol–water partition coefficient (Wildman–Crippen LogP) is 0.708. The van der Waals surface area contributed by atoms with E-state index >= 15 is 0 Å². The van der Waals surface area contributed by atoms with Gasteiger partial charge in [-0.25, -0.2) is 4.79 Å². The second-order valence-electron chi connectivity index (χ2n) is 4.81. The number of carboxylic acids is 1. The third-order valence-electron chi connectivity index (χ3n) is 3.02. The monoisotopic (exact) mass is 265 g/mol. The quantitative estimate of drug-likeness (QED) is 0.837. The number of likely N-dealkylation sites (tertiary alicyclic amines) is 1. The summed E-state index contributed by atoms with van der Waals surface area (Å²) in [5, 5.41) is 18.1. The van der Waals surface area contributed by atoms with Gasteiger partial charge in [0.2, 0.25) is 0 Å². The number of carbonyl (C=O) groups is 2. The van der Waals surface area contributed by atoms with E-state index in [-0.39, 0.29) is 23.8 Å². The van der Waals surface area contributed by atoms with Gasteiger partial charge in [-0.15, -0.1) is 0 Å². The van der Waals surface area contributed by atoms with E-state index in [1.54, 1.807) is 25.1 Å². The van der Waals surface area contributed by atoms with Crippen LogP contribution in [0, 0.1) is 0 Å². The van der Waals surface area contributed by atoms with Crippen molar-refractivity contribution in [3.63, 3.8) is 0 Å². The maximum absolute atomic E-state index is 12.1. The molecule has 0 radical (unpaired) electrons. The number of rotatable bonds is 4. The molecule has 1 aromatic rings. The highest BCUT2D eigenvalue weighted by atomic mass is 16.5. The van der Waals surface area contributed by atoms with Crippen LogP contribution in [0.3, 0.4) is 0 Å². The molecule has 0 aromatic heterocycles. The first-order valence-electron chi connectivity index (χ1n) is 5.84. The number of phenols is 1. The van der Waals surface area contributed by atoms with Crippen molar-refractivity contribution >= 4 is 11.9 Å². The van der Waals surface area contributed by atoms with Crippen LogP contribution in [0.25, 0.3) is 0 Å². The molecule has 1 amide bonds. The van der Waals surface area contributed by atoms with Crippen molar-refractivity contribution in [1.29, 1.82) is 0 Å². The molecule has 102 valence electrons. The normalized spacial score (nSPS) is 16.8. The van der Waals surface area contributed by atoms with Gasteiger partial charge < -0.3 is 19.8 Å². The van der Waals surface area contributed by atoms with Gasteiger partial charge in [-0.2, -0.15) is 0 Å². The molecule has 1 saturated heterocycles. The molecule has 1 fully saturated rings. The second-order valence-corrected chi connectivity index (χ2v) is 4.81. The number of hydrogen-bond acceptors (Lipinski definition) is 4. The Hall–Kier alpha value is -2.08. The summed E-state index contributed by atoms with van der Waals surface area (Å²) in [7, 11) is 0. The summed E-state index contributed by atoms with van der Waals surface area (Å²) in [6.45, 7) is 2.00. The molecule has 1 aliphatic rings. The first-order valence-corrected chi connectivity index (χ1v) is 5.84. The van der Waals surface area contributed by atoms with Crippen molar-refractivity contribution in [2.75, 3.05) is 19.7 Å². The number of hydrogen-bond donors (Lipinski definition) is 2. The minimum Gasteiger partial charge on any atom is -0.507 e. The van der Waals surface area contributed by atoms with Crippen LogP contribution in [0.2, 0.25) is 0 Å². The lowest BCUT2D eigenvalue weighted by molar-refractivity contribution is -0.159. The number of phenolic OH excluding ortho intramolecular Hbond substituents is 1. The van der Waals surface area contributed by atoms with Crippen LogP contribution < -0.4 is 0 Å². The van der Waals surface area contributed by atoms with Gasteiger partial charge in [0.15, 0.2) is 0 Å². The molecule has 19 heavy (non-hydrogen) atoms. The fourth-order valence-electron chi connectivity index (χ4n) is 2.06. The SMILES string of the molecule is CC1(OCC(=O)O)CN(C(=O)c2ccccc2O)C1. The van der Waals surface area contributed by atoms with Gasteiger partial charge in [0, 0.05) is 0 Å². The Balaban J connectivity index is 1.95. The molecule has 6 heteroatoms. The maximum atomic E-state index is 12.1. The molecular formula is C13H15NO5. The summed E-state index contributed by atoms with van der Waals surface area (Å²) in [5.74, 6) is -1.38. The number of aliphatic carboxylic acids is 1. The standard InChI is InChI=1S/C13H15NO5/c1-13(19-6-11(16)17)7-14(8-13)12(18)9-4-2-3-5-10(9)15/h2-5,15H,6-8H2,1H3,(H,16,17). The van der Waals surface area contributed by atoms with Crippen molar-refractivity contribution in [3.05, 3.63) is 29.8 Å². The van der Waals surface area contributed by atoms with Crippen LogP contribution in [0.15, 0.2) is 24.3 Å². The minimum atomic E-state index is -1.04. The number of amides is 1. The molecule has 1 aliphatic heterocycles. The number of carboxylic acid groups (broad SMARTS) is 1.